The zero-order valence-corrected chi connectivity index (χ0v) is 10.8. The van der Waals surface area contributed by atoms with Gasteiger partial charge >= 0.3 is 5.97 Å². The Morgan fingerprint density at radius 2 is 2.39 bits per heavy atom. The molecule has 1 unspecified atom stereocenters. The lowest BCUT2D eigenvalue weighted by Gasteiger charge is -2.12. The number of aliphatic hydroxyl groups excluding tert-OH is 1. The van der Waals surface area contributed by atoms with Crippen molar-refractivity contribution in [3.8, 4) is 0 Å². The number of nitrogens with zero attached hydrogens (tertiary/aromatic N) is 1. The number of pyridine rings is 1. The van der Waals surface area contributed by atoms with E-state index in [1.165, 1.54) is 0 Å². The fraction of sp³-hybridized carbons (Fsp3) is 0.538. The van der Waals surface area contributed by atoms with Crippen LogP contribution in [0.2, 0.25) is 0 Å². The molecule has 0 aromatic carbocycles. The summed E-state index contributed by atoms with van der Waals surface area (Å²) in [6.45, 7) is 5.08. The summed E-state index contributed by atoms with van der Waals surface area (Å²) < 4.78 is 4.76. The average Bonchev–Trinajstić information content (AvgIpc) is 2.31. The fourth-order valence-electron chi connectivity index (χ4n) is 1.56. The van der Waals surface area contributed by atoms with Gasteiger partial charge in [-0.1, -0.05) is 0 Å². The first-order valence-electron chi connectivity index (χ1n) is 6.07. The second-order valence-electron chi connectivity index (χ2n) is 4.10. The van der Waals surface area contributed by atoms with E-state index in [2.05, 4.69) is 10.3 Å². The van der Waals surface area contributed by atoms with Gasteiger partial charge in [-0.05, 0) is 31.0 Å². The maximum absolute atomic E-state index is 11.1. The number of aliphatic hydroxyl groups is 1. The largest absolute Gasteiger partial charge is 0.466 e. The van der Waals surface area contributed by atoms with Gasteiger partial charge in [0.25, 0.3) is 0 Å². The predicted octanol–water partition coefficient (Wildman–Crippen LogP) is 0.794. The van der Waals surface area contributed by atoms with Gasteiger partial charge in [0.1, 0.15) is 0 Å². The summed E-state index contributed by atoms with van der Waals surface area (Å²) in [6.07, 6.45) is 2.84. The lowest BCUT2D eigenvalue weighted by Crippen LogP contribution is -2.29. The standard InChI is InChI=1S/C13H20N2O3/c1-3-18-13(17)6-12(16)9-15-8-11-4-5-14-7-10(11)2/h4-5,7,12,15-16H,3,6,8-9H2,1-2H3. The Morgan fingerprint density at radius 1 is 1.61 bits per heavy atom. The van der Waals surface area contributed by atoms with Crippen molar-refractivity contribution < 1.29 is 14.6 Å². The van der Waals surface area contributed by atoms with Crippen LogP contribution < -0.4 is 5.32 Å². The molecule has 1 aromatic heterocycles. The van der Waals surface area contributed by atoms with Gasteiger partial charge in [0.05, 0.1) is 19.1 Å². The highest BCUT2D eigenvalue weighted by atomic mass is 16.5. The van der Waals surface area contributed by atoms with Crippen molar-refractivity contribution in [3.63, 3.8) is 0 Å². The van der Waals surface area contributed by atoms with E-state index in [-0.39, 0.29) is 12.4 Å². The van der Waals surface area contributed by atoms with Crippen LogP contribution in [-0.4, -0.2) is 35.3 Å². The molecule has 18 heavy (non-hydrogen) atoms. The highest BCUT2D eigenvalue weighted by molar-refractivity contribution is 5.69. The molecule has 0 bridgehead atoms. The minimum atomic E-state index is -0.716. The van der Waals surface area contributed by atoms with E-state index < -0.39 is 6.10 Å². The van der Waals surface area contributed by atoms with Crippen molar-refractivity contribution in [2.45, 2.75) is 32.9 Å². The number of hydrogen-bond donors (Lipinski definition) is 2. The summed E-state index contributed by atoms with van der Waals surface area (Å²) >= 11 is 0. The number of carbonyl (C=O) groups excluding carboxylic acids is 1. The van der Waals surface area contributed by atoms with Crippen LogP contribution in [0, 0.1) is 6.92 Å². The first-order valence-corrected chi connectivity index (χ1v) is 6.07. The Morgan fingerprint density at radius 3 is 3.06 bits per heavy atom. The molecule has 0 spiro atoms. The van der Waals surface area contributed by atoms with Gasteiger partial charge in [-0.2, -0.15) is 0 Å². The van der Waals surface area contributed by atoms with Gasteiger partial charge in [0.15, 0.2) is 0 Å². The van der Waals surface area contributed by atoms with Gasteiger partial charge in [0, 0.05) is 25.5 Å². The molecular formula is C13H20N2O3. The molecule has 100 valence electrons. The maximum Gasteiger partial charge on any atom is 0.308 e. The van der Waals surface area contributed by atoms with Crippen molar-refractivity contribution in [2.24, 2.45) is 0 Å². The predicted molar refractivity (Wildman–Crippen MR) is 67.9 cm³/mol. The summed E-state index contributed by atoms with van der Waals surface area (Å²) in [7, 11) is 0. The molecule has 1 rings (SSSR count). The minimum absolute atomic E-state index is 0.0240. The number of nitrogens with one attached hydrogen (secondary N) is 1. The molecule has 0 aliphatic carbocycles. The van der Waals surface area contributed by atoms with Crippen molar-refractivity contribution >= 4 is 5.97 Å². The van der Waals surface area contributed by atoms with Crippen LogP contribution in [-0.2, 0) is 16.1 Å². The second-order valence-corrected chi connectivity index (χ2v) is 4.10. The summed E-state index contributed by atoms with van der Waals surface area (Å²) in [5.74, 6) is -0.369. The topological polar surface area (TPSA) is 71.5 Å². The Balaban J connectivity index is 2.25. The molecule has 5 heteroatoms. The molecular weight excluding hydrogens is 232 g/mol. The van der Waals surface area contributed by atoms with Crippen molar-refractivity contribution in [2.75, 3.05) is 13.2 Å². The highest BCUT2D eigenvalue weighted by Gasteiger charge is 2.11. The summed E-state index contributed by atoms with van der Waals surface area (Å²) in [5, 5.41) is 12.7. The first kappa shape index (κ1) is 14.6. The minimum Gasteiger partial charge on any atom is -0.466 e. The van der Waals surface area contributed by atoms with E-state index in [9.17, 15) is 9.90 Å². The zero-order chi connectivity index (χ0) is 13.4. The quantitative estimate of drug-likeness (QED) is 0.702. The van der Waals surface area contributed by atoms with E-state index in [1.807, 2.05) is 13.0 Å². The lowest BCUT2D eigenvalue weighted by molar-refractivity contribution is -0.145. The van der Waals surface area contributed by atoms with Crippen LogP contribution in [0.25, 0.3) is 0 Å². The summed E-state index contributed by atoms with van der Waals surface area (Å²) in [6, 6.07) is 1.93. The Labute approximate surface area is 107 Å². The molecule has 0 amide bonds. The third-order valence-electron chi connectivity index (χ3n) is 2.54. The molecule has 0 aliphatic rings. The third kappa shape index (κ3) is 5.25. The Bertz CT molecular complexity index is 382. The number of carbonyl (C=O) groups is 1. The molecule has 0 saturated heterocycles. The molecule has 0 radical (unpaired) electrons. The molecule has 1 atom stereocenters. The molecule has 1 heterocycles. The maximum atomic E-state index is 11.1. The number of rotatable bonds is 7. The second kappa shape index (κ2) is 7.79. The van der Waals surface area contributed by atoms with Crippen LogP contribution in [0.3, 0.4) is 0 Å². The average molecular weight is 252 g/mol. The molecule has 1 aromatic rings. The van der Waals surface area contributed by atoms with E-state index >= 15 is 0 Å². The van der Waals surface area contributed by atoms with Gasteiger partial charge < -0.3 is 15.2 Å². The summed E-state index contributed by atoms with van der Waals surface area (Å²) in [4.78, 5) is 15.1. The van der Waals surface area contributed by atoms with Crippen LogP contribution in [0.4, 0.5) is 0 Å². The Kier molecular flexibility index (Phi) is 6.32. The first-order chi connectivity index (χ1) is 8.63. The number of esters is 1. The number of aromatic nitrogens is 1. The van der Waals surface area contributed by atoms with E-state index in [1.54, 1.807) is 19.3 Å². The van der Waals surface area contributed by atoms with Crippen molar-refractivity contribution in [1.29, 1.82) is 0 Å². The molecule has 2 N–H and O–H groups in total. The van der Waals surface area contributed by atoms with Gasteiger partial charge in [-0.15, -0.1) is 0 Å². The number of aryl methyl sites for hydroxylation is 1. The smallest absolute Gasteiger partial charge is 0.308 e. The van der Waals surface area contributed by atoms with E-state index in [0.29, 0.717) is 19.7 Å². The van der Waals surface area contributed by atoms with Gasteiger partial charge in [-0.25, -0.2) is 0 Å². The number of hydrogen-bond acceptors (Lipinski definition) is 5. The molecule has 5 nitrogen and oxygen atoms in total. The molecule has 0 saturated carbocycles. The number of ether oxygens (including phenoxy) is 1. The van der Waals surface area contributed by atoms with Crippen LogP contribution >= 0.6 is 0 Å². The van der Waals surface area contributed by atoms with Crippen molar-refractivity contribution in [1.82, 2.24) is 10.3 Å². The summed E-state index contributed by atoms with van der Waals surface area (Å²) in [5.41, 5.74) is 2.23. The normalized spacial score (nSPS) is 12.2. The van der Waals surface area contributed by atoms with Gasteiger partial charge in [0.2, 0.25) is 0 Å². The fourth-order valence-corrected chi connectivity index (χ4v) is 1.56. The highest BCUT2D eigenvalue weighted by Crippen LogP contribution is 2.04. The van der Waals surface area contributed by atoms with Crippen molar-refractivity contribution in [3.05, 3.63) is 29.6 Å². The van der Waals surface area contributed by atoms with Crippen LogP contribution in [0.5, 0.6) is 0 Å². The molecule has 0 fully saturated rings. The monoisotopic (exact) mass is 252 g/mol. The van der Waals surface area contributed by atoms with Crippen LogP contribution in [0.1, 0.15) is 24.5 Å². The third-order valence-corrected chi connectivity index (χ3v) is 2.54. The van der Waals surface area contributed by atoms with E-state index in [0.717, 1.165) is 11.1 Å². The van der Waals surface area contributed by atoms with Crippen LogP contribution in [0.15, 0.2) is 18.5 Å². The molecule has 0 aliphatic heterocycles. The zero-order valence-electron chi connectivity index (χ0n) is 10.8. The van der Waals surface area contributed by atoms with E-state index in [4.69, 9.17) is 4.74 Å². The SMILES string of the molecule is CCOC(=O)CC(O)CNCc1ccncc1C. The Hall–Kier alpha value is -1.46. The van der Waals surface area contributed by atoms with Gasteiger partial charge in [-0.3, -0.25) is 9.78 Å². The lowest BCUT2D eigenvalue weighted by atomic mass is 10.1.